The zero-order valence-corrected chi connectivity index (χ0v) is 29.0. The average Bonchev–Trinajstić information content (AvgIpc) is 3.58. The maximum Gasteiger partial charge on any atom is 0.323 e. The van der Waals surface area contributed by atoms with E-state index >= 15 is 0 Å². The van der Waals surface area contributed by atoms with Crippen molar-refractivity contribution in [2.24, 2.45) is 0 Å². The van der Waals surface area contributed by atoms with Crippen LogP contribution in [0.25, 0.3) is 21.5 Å². The summed E-state index contributed by atoms with van der Waals surface area (Å²) in [5.74, 6) is 1.55. The fraction of sp³-hybridized carbons (Fsp3) is 0.297. The molecule has 2 aromatic heterocycles. The number of rotatable bonds is 12. The van der Waals surface area contributed by atoms with Crippen molar-refractivity contribution in [3.63, 3.8) is 0 Å². The molecule has 0 spiro atoms. The summed E-state index contributed by atoms with van der Waals surface area (Å²) in [6.07, 6.45) is 1.65. The van der Waals surface area contributed by atoms with Crippen LogP contribution >= 0.6 is 11.3 Å². The van der Waals surface area contributed by atoms with Crippen molar-refractivity contribution in [3.05, 3.63) is 89.6 Å². The number of nitrogens with zero attached hydrogens (tertiary/aromatic N) is 3. The highest BCUT2D eigenvalue weighted by molar-refractivity contribution is 7.13. The van der Waals surface area contributed by atoms with E-state index in [1.165, 1.54) is 11.3 Å². The Morgan fingerprint density at radius 1 is 0.896 bits per heavy atom. The molecule has 0 aliphatic carbocycles. The highest BCUT2D eigenvalue weighted by Gasteiger charge is 2.18. The number of carbonyl (C=O) groups excluding carboxylic acids is 2. The number of anilines is 2. The van der Waals surface area contributed by atoms with Crippen molar-refractivity contribution in [2.75, 3.05) is 43.9 Å². The third-order valence-electron chi connectivity index (χ3n) is 7.97. The minimum atomic E-state index is -0.391. The Balaban J connectivity index is 1.30. The number of fused-ring (bicyclic) bond motifs is 1. The van der Waals surface area contributed by atoms with Crippen molar-refractivity contribution >= 4 is 45.4 Å². The molecule has 5 aromatic rings. The molecule has 5 rings (SSSR count). The second-order valence-electron chi connectivity index (χ2n) is 12.2. The number of nitrogens with one attached hydrogen (secondary N) is 3. The molecular formula is C37H42N6O4S. The molecule has 3 aromatic carbocycles. The Hall–Kier alpha value is -5.00. The maximum absolute atomic E-state index is 13.2. The molecule has 11 heteroatoms. The van der Waals surface area contributed by atoms with Gasteiger partial charge in [0.15, 0.2) is 0 Å². The van der Waals surface area contributed by atoms with E-state index in [0.717, 1.165) is 36.0 Å². The number of urea groups is 1. The van der Waals surface area contributed by atoms with Crippen LogP contribution in [0.2, 0.25) is 0 Å². The molecule has 0 saturated heterocycles. The maximum atomic E-state index is 13.2. The number of aromatic nitrogens is 2. The molecule has 2 heterocycles. The molecule has 0 atom stereocenters. The zero-order chi connectivity index (χ0) is 34.3. The van der Waals surface area contributed by atoms with Gasteiger partial charge in [-0.3, -0.25) is 9.78 Å². The molecule has 0 aliphatic heterocycles. The van der Waals surface area contributed by atoms with E-state index in [4.69, 9.17) is 9.47 Å². The first-order chi connectivity index (χ1) is 23.1. The summed E-state index contributed by atoms with van der Waals surface area (Å²) in [6.45, 7) is 13.8. The normalized spacial score (nSPS) is 11.4. The van der Waals surface area contributed by atoms with Gasteiger partial charge in [-0.1, -0.05) is 65.0 Å². The van der Waals surface area contributed by atoms with Gasteiger partial charge < -0.3 is 30.3 Å². The quantitative estimate of drug-likeness (QED) is 0.123. The van der Waals surface area contributed by atoms with E-state index in [1.807, 2.05) is 54.6 Å². The van der Waals surface area contributed by atoms with Crippen molar-refractivity contribution in [1.82, 2.24) is 20.2 Å². The summed E-state index contributed by atoms with van der Waals surface area (Å²) in [5, 5.41) is 12.9. The summed E-state index contributed by atoms with van der Waals surface area (Å²) in [4.78, 5) is 37.1. The van der Waals surface area contributed by atoms with Crippen LogP contribution in [0.1, 0.15) is 50.7 Å². The number of carbonyl (C=O) groups is 2. The summed E-state index contributed by atoms with van der Waals surface area (Å²) in [6, 6.07) is 20.3. The topological polar surface area (TPSA) is 118 Å². The summed E-state index contributed by atoms with van der Waals surface area (Å²) >= 11 is 1.36. The molecule has 0 saturated carbocycles. The van der Waals surface area contributed by atoms with Crippen LogP contribution in [0.3, 0.4) is 0 Å². The minimum absolute atomic E-state index is 0.0918. The molecule has 0 fully saturated rings. The van der Waals surface area contributed by atoms with Crippen molar-refractivity contribution in [1.29, 1.82) is 0 Å². The Morgan fingerprint density at radius 2 is 1.62 bits per heavy atom. The number of hydrogen-bond acceptors (Lipinski definition) is 8. The lowest BCUT2D eigenvalue weighted by Gasteiger charge is -2.21. The first kappa shape index (κ1) is 34.3. The van der Waals surface area contributed by atoms with Crippen LogP contribution in [0.4, 0.5) is 16.2 Å². The van der Waals surface area contributed by atoms with E-state index in [9.17, 15) is 9.59 Å². The largest absolute Gasteiger partial charge is 0.495 e. The van der Waals surface area contributed by atoms with Crippen LogP contribution < -0.4 is 25.4 Å². The molecule has 3 amide bonds. The van der Waals surface area contributed by atoms with Crippen LogP contribution in [-0.2, 0) is 5.41 Å². The van der Waals surface area contributed by atoms with Gasteiger partial charge in [0, 0.05) is 41.5 Å². The molecule has 0 unspecified atom stereocenters. The SMILES string of the molecule is CCN(CC)CCNC(=O)c1csc(-c2cc(Oc3ccc(NC(=O)Nc4cc(C(C)(C)C)ccc4OC)c4ccccc34)ccn2)n1. The van der Waals surface area contributed by atoms with Gasteiger partial charge in [-0.2, -0.15) is 0 Å². The van der Waals surface area contributed by atoms with E-state index in [2.05, 4.69) is 65.4 Å². The zero-order valence-electron chi connectivity index (χ0n) is 28.2. The molecule has 3 N–H and O–H groups in total. The fourth-order valence-electron chi connectivity index (χ4n) is 5.19. The summed E-state index contributed by atoms with van der Waals surface area (Å²) in [5.41, 5.74) is 3.16. The Kier molecular flexibility index (Phi) is 10.9. The van der Waals surface area contributed by atoms with Crippen LogP contribution in [-0.4, -0.2) is 60.1 Å². The standard InChI is InChI=1S/C37H42N6O4S/c1-7-43(8-2)20-19-39-34(44)31-23-48-35(40-31)30-22-25(17-18-38-30)47-32-16-14-28(26-11-9-10-12-27(26)32)41-36(45)42-29-21-24(37(3,4)5)13-15-33(29)46-6/h9-18,21-23H,7-8,19-20H2,1-6H3,(H,39,44)(H2,41,42,45). The lowest BCUT2D eigenvalue weighted by Crippen LogP contribution is -2.34. The monoisotopic (exact) mass is 666 g/mol. The number of thiazole rings is 1. The van der Waals surface area contributed by atoms with Crippen LogP contribution in [0.5, 0.6) is 17.2 Å². The van der Waals surface area contributed by atoms with Crippen molar-refractivity contribution in [3.8, 4) is 28.0 Å². The van der Waals surface area contributed by atoms with Gasteiger partial charge in [0.2, 0.25) is 0 Å². The predicted octanol–water partition coefficient (Wildman–Crippen LogP) is 8.17. The van der Waals surface area contributed by atoms with Gasteiger partial charge in [-0.05, 0) is 54.4 Å². The molecule has 48 heavy (non-hydrogen) atoms. The summed E-state index contributed by atoms with van der Waals surface area (Å²) < 4.78 is 11.8. The molecule has 0 bridgehead atoms. The van der Waals surface area contributed by atoms with Crippen LogP contribution in [0.15, 0.2) is 78.3 Å². The van der Waals surface area contributed by atoms with Gasteiger partial charge in [0.1, 0.15) is 33.6 Å². The van der Waals surface area contributed by atoms with Gasteiger partial charge in [0.05, 0.1) is 18.5 Å². The number of methoxy groups -OCH3 is 1. The summed E-state index contributed by atoms with van der Waals surface area (Å²) in [7, 11) is 1.58. The van der Waals surface area contributed by atoms with Gasteiger partial charge in [-0.25, -0.2) is 9.78 Å². The molecule has 10 nitrogen and oxygen atoms in total. The van der Waals surface area contributed by atoms with Gasteiger partial charge in [-0.15, -0.1) is 11.3 Å². The molecule has 0 radical (unpaired) electrons. The highest BCUT2D eigenvalue weighted by Crippen LogP contribution is 2.36. The third kappa shape index (κ3) is 8.28. The lowest BCUT2D eigenvalue weighted by molar-refractivity contribution is 0.0944. The predicted molar refractivity (Wildman–Crippen MR) is 194 cm³/mol. The minimum Gasteiger partial charge on any atom is -0.495 e. The van der Waals surface area contributed by atoms with Gasteiger partial charge >= 0.3 is 6.03 Å². The lowest BCUT2D eigenvalue weighted by atomic mass is 9.87. The number of amides is 3. The third-order valence-corrected chi connectivity index (χ3v) is 8.83. The Morgan fingerprint density at radius 3 is 2.35 bits per heavy atom. The number of hydrogen-bond donors (Lipinski definition) is 3. The smallest absolute Gasteiger partial charge is 0.323 e. The second kappa shape index (κ2) is 15.3. The molecule has 250 valence electrons. The first-order valence-electron chi connectivity index (χ1n) is 16.0. The van der Waals surface area contributed by atoms with E-state index < -0.39 is 6.03 Å². The number of benzene rings is 3. The molecular weight excluding hydrogens is 625 g/mol. The number of ether oxygens (including phenoxy) is 2. The average molecular weight is 667 g/mol. The Labute approximate surface area is 285 Å². The fourth-order valence-corrected chi connectivity index (χ4v) is 5.96. The van der Waals surface area contributed by atoms with Gasteiger partial charge in [0.25, 0.3) is 5.91 Å². The van der Waals surface area contributed by atoms with E-state index in [1.54, 1.807) is 30.8 Å². The highest BCUT2D eigenvalue weighted by atomic mass is 32.1. The first-order valence-corrected chi connectivity index (χ1v) is 16.9. The number of likely N-dealkylation sites (N-methyl/N-ethyl adjacent to an activating group) is 1. The van der Waals surface area contributed by atoms with E-state index in [-0.39, 0.29) is 11.3 Å². The van der Waals surface area contributed by atoms with E-state index in [0.29, 0.717) is 51.6 Å². The second-order valence-corrected chi connectivity index (χ2v) is 13.1. The van der Waals surface area contributed by atoms with Crippen LogP contribution in [0, 0.1) is 0 Å². The van der Waals surface area contributed by atoms with Crippen molar-refractivity contribution < 1.29 is 19.1 Å². The molecule has 0 aliphatic rings. The Bertz CT molecular complexity index is 1900. The van der Waals surface area contributed by atoms with Crippen molar-refractivity contribution in [2.45, 2.75) is 40.0 Å². The number of pyridine rings is 1.